The van der Waals surface area contributed by atoms with E-state index in [1.165, 1.54) is 12.1 Å². The molecule has 2 rings (SSSR count). The summed E-state index contributed by atoms with van der Waals surface area (Å²) in [5, 5.41) is 0.354. The summed E-state index contributed by atoms with van der Waals surface area (Å²) in [6.07, 6.45) is 1.35. The number of pyridine rings is 1. The number of esters is 1. The van der Waals surface area contributed by atoms with E-state index in [4.69, 9.17) is 32.7 Å². The van der Waals surface area contributed by atoms with Crippen molar-refractivity contribution >= 4 is 29.2 Å². The third kappa shape index (κ3) is 3.56. The van der Waals surface area contributed by atoms with E-state index >= 15 is 0 Å². The molecule has 0 bridgehead atoms. The van der Waals surface area contributed by atoms with Crippen molar-refractivity contribution in [3.63, 3.8) is 0 Å². The maximum Gasteiger partial charge on any atom is 0.338 e. The van der Waals surface area contributed by atoms with Crippen molar-refractivity contribution in [1.82, 2.24) is 4.98 Å². The minimum atomic E-state index is -0.428. The highest BCUT2D eigenvalue weighted by Crippen LogP contribution is 2.18. The highest BCUT2D eigenvalue weighted by molar-refractivity contribution is 6.32. The number of rotatable bonds is 2. The third-order valence-electron chi connectivity index (χ3n) is 2.44. The zero-order valence-electron chi connectivity index (χ0n) is 8.99. The van der Waals surface area contributed by atoms with Crippen molar-refractivity contribution in [3.8, 4) is 0 Å². The molecule has 0 saturated carbocycles. The van der Waals surface area contributed by atoms with E-state index in [1.807, 2.05) is 0 Å². The van der Waals surface area contributed by atoms with Crippen LogP contribution in [0.15, 0.2) is 12.1 Å². The third-order valence-corrected chi connectivity index (χ3v) is 2.83. The molecule has 2 heterocycles. The maximum absolute atomic E-state index is 11.8. The van der Waals surface area contributed by atoms with Gasteiger partial charge in [0.25, 0.3) is 0 Å². The Balaban J connectivity index is 2.03. The van der Waals surface area contributed by atoms with Crippen LogP contribution in [-0.2, 0) is 9.47 Å². The Bertz CT molecular complexity index is 399. The minimum absolute atomic E-state index is 0.0954. The van der Waals surface area contributed by atoms with Crippen LogP contribution in [0.2, 0.25) is 10.3 Å². The van der Waals surface area contributed by atoms with E-state index < -0.39 is 5.97 Å². The second-order valence-electron chi connectivity index (χ2n) is 3.72. The Kier molecular flexibility index (Phi) is 4.20. The van der Waals surface area contributed by atoms with E-state index in [9.17, 15) is 4.79 Å². The topological polar surface area (TPSA) is 48.4 Å². The second kappa shape index (κ2) is 5.67. The van der Waals surface area contributed by atoms with Crippen LogP contribution in [0.5, 0.6) is 0 Å². The lowest BCUT2D eigenvalue weighted by atomic mass is 10.1. The lowest BCUT2D eigenvalue weighted by Gasteiger charge is -2.22. The molecule has 0 unspecified atom stereocenters. The zero-order valence-corrected chi connectivity index (χ0v) is 10.5. The van der Waals surface area contributed by atoms with E-state index in [2.05, 4.69) is 4.98 Å². The second-order valence-corrected chi connectivity index (χ2v) is 4.49. The van der Waals surface area contributed by atoms with Crippen LogP contribution >= 0.6 is 23.2 Å². The van der Waals surface area contributed by atoms with Gasteiger partial charge in [-0.1, -0.05) is 23.2 Å². The van der Waals surface area contributed by atoms with Gasteiger partial charge in [-0.05, 0) is 12.1 Å². The van der Waals surface area contributed by atoms with Crippen LogP contribution in [-0.4, -0.2) is 30.3 Å². The molecule has 0 aliphatic carbocycles. The fourth-order valence-corrected chi connectivity index (χ4v) is 2.06. The number of ether oxygens (including phenoxy) is 2. The predicted octanol–water partition coefficient (Wildman–Crippen LogP) is 2.72. The van der Waals surface area contributed by atoms with Crippen molar-refractivity contribution in [2.24, 2.45) is 0 Å². The SMILES string of the molecule is O=C(OC1CCOCC1)c1cc(Cl)nc(Cl)c1. The first-order valence-corrected chi connectivity index (χ1v) is 6.02. The lowest BCUT2D eigenvalue weighted by molar-refractivity contribution is -0.0159. The van der Waals surface area contributed by atoms with Crippen molar-refractivity contribution in [1.29, 1.82) is 0 Å². The fraction of sp³-hybridized carbons (Fsp3) is 0.455. The van der Waals surface area contributed by atoms with Gasteiger partial charge in [0.15, 0.2) is 0 Å². The van der Waals surface area contributed by atoms with Gasteiger partial charge in [0.05, 0.1) is 18.8 Å². The predicted molar refractivity (Wildman–Crippen MR) is 63.5 cm³/mol. The molecule has 92 valence electrons. The van der Waals surface area contributed by atoms with E-state index in [0.29, 0.717) is 18.8 Å². The van der Waals surface area contributed by atoms with Gasteiger partial charge in [0.1, 0.15) is 16.4 Å². The van der Waals surface area contributed by atoms with Crippen LogP contribution in [0.4, 0.5) is 0 Å². The average Bonchev–Trinajstić information content (AvgIpc) is 2.29. The highest BCUT2D eigenvalue weighted by atomic mass is 35.5. The number of halogens is 2. The maximum atomic E-state index is 11.8. The lowest BCUT2D eigenvalue weighted by Crippen LogP contribution is -2.26. The van der Waals surface area contributed by atoms with Gasteiger partial charge in [-0.25, -0.2) is 9.78 Å². The molecular formula is C11H11Cl2NO3. The quantitative estimate of drug-likeness (QED) is 0.615. The summed E-state index contributed by atoms with van der Waals surface area (Å²) < 4.78 is 10.5. The molecule has 0 N–H and O–H groups in total. The van der Waals surface area contributed by atoms with Gasteiger partial charge in [0.2, 0.25) is 0 Å². The van der Waals surface area contributed by atoms with E-state index in [-0.39, 0.29) is 16.4 Å². The summed E-state index contributed by atoms with van der Waals surface area (Å²) in [4.78, 5) is 15.6. The first-order chi connectivity index (χ1) is 8.15. The highest BCUT2D eigenvalue weighted by Gasteiger charge is 2.19. The Morgan fingerprint density at radius 2 is 1.88 bits per heavy atom. The molecule has 6 heteroatoms. The largest absolute Gasteiger partial charge is 0.459 e. The number of carbonyl (C=O) groups is 1. The van der Waals surface area contributed by atoms with E-state index in [0.717, 1.165) is 12.8 Å². The normalized spacial score (nSPS) is 16.8. The van der Waals surface area contributed by atoms with Crippen molar-refractivity contribution in [3.05, 3.63) is 28.0 Å². The molecule has 0 aromatic carbocycles. The molecule has 4 nitrogen and oxygen atoms in total. The van der Waals surface area contributed by atoms with Crippen molar-refractivity contribution in [2.45, 2.75) is 18.9 Å². The average molecular weight is 276 g/mol. The number of hydrogen-bond donors (Lipinski definition) is 0. The Hall–Kier alpha value is -0.840. The molecule has 1 aliphatic rings. The zero-order chi connectivity index (χ0) is 12.3. The Morgan fingerprint density at radius 1 is 1.29 bits per heavy atom. The molecular weight excluding hydrogens is 265 g/mol. The Morgan fingerprint density at radius 3 is 2.47 bits per heavy atom. The van der Waals surface area contributed by atoms with Crippen LogP contribution in [0.3, 0.4) is 0 Å². The molecule has 0 radical (unpaired) electrons. The number of nitrogens with zero attached hydrogens (tertiary/aromatic N) is 1. The van der Waals surface area contributed by atoms with Gasteiger partial charge in [-0.2, -0.15) is 0 Å². The number of carbonyl (C=O) groups excluding carboxylic acids is 1. The first-order valence-electron chi connectivity index (χ1n) is 5.27. The minimum Gasteiger partial charge on any atom is -0.459 e. The van der Waals surface area contributed by atoms with Crippen molar-refractivity contribution in [2.75, 3.05) is 13.2 Å². The van der Waals surface area contributed by atoms with Crippen molar-refractivity contribution < 1.29 is 14.3 Å². The van der Waals surface area contributed by atoms with Gasteiger partial charge in [-0.15, -0.1) is 0 Å². The van der Waals surface area contributed by atoms with Gasteiger partial charge in [0, 0.05) is 12.8 Å². The monoisotopic (exact) mass is 275 g/mol. The van der Waals surface area contributed by atoms with Gasteiger partial charge in [-0.3, -0.25) is 0 Å². The smallest absolute Gasteiger partial charge is 0.338 e. The molecule has 1 aliphatic heterocycles. The summed E-state index contributed by atoms with van der Waals surface area (Å²) in [7, 11) is 0. The molecule has 1 aromatic rings. The van der Waals surface area contributed by atoms with E-state index in [1.54, 1.807) is 0 Å². The van der Waals surface area contributed by atoms with Gasteiger partial charge >= 0.3 is 5.97 Å². The fourth-order valence-electron chi connectivity index (χ4n) is 1.60. The molecule has 1 saturated heterocycles. The summed E-state index contributed by atoms with van der Waals surface area (Å²) in [5.41, 5.74) is 0.321. The Labute approximate surface area is 109 Å². The summed E-state index contributed by atoms with van der Waals surface area (Å²) in [6, 6.07) is 2.88. The summed E-state index contributed by atoms with van der Waals surface area (Å²) in [5.74, 6) is -0.428. The van der Waals surface area contributed by atoms with Crippen LogP contribution in [0.1, 0.15) is 23.2 Å². The van der Waals surface area contributed by atoms with Crippen LogP contribution < -0.4 is 0 Å². The molecule has 17 heavy (non-hydrogen) atoms. The molecule has 1 fully saturated rings. The molecule has 0 spiro atoms. The summed E-state index contributed by atoms with van der Waals surface area (Å²) in [6.45, 7) is 1.24. The molecule has 1 aromatic heterocycles. The summed E-state index contributed by atoms with van der Waals surface area (Å²) >= 11 is 11.4. The molecule has 0 atom stereocenters. The van der Waals surface area contributed by atoms with Crippen LogP contribution in [0.25, 0.3) is 0 Å². The van der Waals surface area contributed by atoms with Gasteiger partial charge < -0.3 is 9.47 Å². The standard InChI is InChI=1S/C11H11Cl2NO3/c12-9-5-7(6-10(13)14-9)11(15)17-8-1-3-16-4-2-8/h5-6,8H,1-4H2. The number of aromatic nitrogens is 1. The first kappa shape index (κ1) is 12.6. The van der Waals surface area contributed by atoms with Crippen LogP contribution in [0, 0.1) is 0 Å². The number of hydrogen-bond acceptors (Lipinski definition) is 4. The molecule has 0 amide bonds.